The summed E-state index contributed by atoms with van der Waals surface area (Å²) < 4.78 is 0. The second-order valence-corrected chi connectivity index (χ2v) is 5.38. The minimum Gasteiger partial charge on any atom is -0.395 e. The molecule has 3 heterocycles. The largest absolute Gasteiger partial charge is 0.395 e. The molecule has 21 heavy (non-hydrogen) atoms. The molecular formula is C16H16N4O. The molecular weight excluding hydrogens is 264 g/mol. The Hall–Kier alpha value is -2.43. The van der Waals surface area contributed by atoms with E-state index in [1.165, 1.54) is 5.71 Å². The van der Waals surface area contributed by atoms with Gasteiger partial charge in [0.15, 0.2) is 0 Å². The van der Waals surface area contributed by atoms with Gasteiger partial charge in [-0.2, -0.15) is 0 Å². The van der Waals surface area contributed by atoms with Crippen molar-refractivity contribution >= 4 is 11.7 Å². The van der Waals surface area contributed by atoms with Crippen LogP contribution in [0.2, 0.25) is 0 Å². The molecule has 0 saturated carbocycles. The highest BCUT2D eigenvalue weighted by molar-refractivity contribution is 5.89. The second kappa shape index (κ2) is 5.16. The third kappa shape index (κ3) is 2.35. The van der Waals surface area contributed by atoms with Gasteiger partial charge < -0.3 is 9.74 Å². The maximum atomic E-state index is 5.07. The minimum atomic E-state index is 0.497. The highest BCUT2D eigenvalue weighted by Crippen LogP contribution is 2.26. The van der Waals surface area contributed by atoms with Crippen molar-refractivity contribution in [1.29, 1.82) is 0 Å². The molecule has 2 aliphatic rings. The van der Waals surface area contributed by atoms with Crippen molar-refractivity contribution in [3.8, 4) is 11.3 Å². The van der Waals surface area contributed by atoms with E-state index in [1.807, 2.05) is 30.5 Å². The van der Waals surface area contributed by atoms with Crippen LogP contribution in [-0.4, -0.2) is 35.4 Å². The first-order valence-electron chi connectivity index (χ1n) is 7.22. The first kappa shape index (κ1) is 12.3. The van der Waals surface area contributed by atoms with Crippen LogP contribution < -0.4 is 4.90 Å². The number of oxime groups is 1. The molecule has 0 radical (unpaired) electrons. The lowest BCUT2D eigenvalue weighted by Crippen LogP contribution is -2.51. The maximum Gasteiger partial charge on any atom is 0.225 e. The lowest BCUT2D eigenvalue weighted by molar-refractivity contribution is 0.173. The highest BCUT2D eigenvalue weighted by atomic mass is 16.6. The van der Waals surface area contributed by atoms with Crippen LogP contribution in [0.3, 0.4) is 0 Å². The lowest BCUT2D eigenvalue weighted by Gasteiger charge is -2.38. The van der Waals surface area contributed by atoms with Crippen molar-refractivity contribution in [2.45, 2.75) is 6.42 Å². The smallest absolute Gasteiger partial charge is 0.225 e. The summed E-state index contributed by atoms with van der Waals surface area (Å²) in [5, 5.41) is 4.10. The van der Waals surface area contributed by atoms with E-state index in [4.69, 9.17) is 4.84 Å². The van der Waals surface area contributed by atoms with Gasteiger partial charge in [0.25, 0.3) is 0 Å². The van der Waals surface area contributed by atoms with Crippen LogP contribution in [0.4, 0.5) is 5.95 Å². The van der Waals surface area contributed by atoms with Gasteiger partial charge in [0.05, 0.1) is 11.4 Å². The van der Waals surface area contributed by atoms with E-state index in [1.54, 1.807) is 0 Å². The van der Waals surface area contributed by atoms with Gasteiger partial charge in [0, 0.05) is 37.2 Å². The van der Waals surface area contributed by atoms with Gasteiger partial charge >= 0.3 is 0 Å². The molecule has 1 saturated heterocycles. The van der Waals surface area contributed by atoms with Crippen LogP contribution in [0.25, 0.3) is 11.3 Å². The predicted molar refractivity (Wildman–Crippen MR) is 81.2 cm³/mol. The summed E-state index contributed by atoms with van der Waals surface area (Å²) in [5.41, 5.74) is 3.27. The van der Waals surface area contributed by atoms with Crippen molar-refractivity contribution in [1.82, 2.24) is 9.97 Å². The number of nitrogens with zero attached hydrogens (tertiary/aromatic N) is 4. The van der Waals surface area contributed by atoms with Gasteiger partial charge in [-0.05, 0) is 6.07 Å². The fourth-order valence-corrected chi connectivity index (χ4v) is 2.73. The third-order valence-corrected chi connectivity index (χ3v) is 3.98. The second-order valence-electron chi connectivity index (χ2n) is 5.38. The molecule has 0 N–H and O–H groups in total. The monoisotopic (exact) mass is 280 g/mol. The Morgan fingerprint density at radius 2 is 1.95 bits per heavy atom. The molecule has 2 aromatic rings. The lowest BCUT2D eigenvalue weighted by atomic mass is 9.93. The Bertz CT molecular complexity index is 665. The standard InChI is InChI=1S/C16H16N4O/c1-2-4-12(5-3-1)14-6-8-17-16(18-14)20-10-13(11-20)15-7-9-21-19-15/h1-6,8,13H,7,9-11H2. The van der Waals surface area contributed by atoms with E-state index >= 15 is 0 Å². The molecule has 0 aliphatic carbocycles. The number of rotatable bonds is 3. The molecule has 5 nitrogen and oxygen atoms in total. The molecule has 2 aliphatic heterocycles. The first-order valence-corrected chi connectivity index (χ1v) is 7.22. The molecule has 0 bridgehead atoms. The van der Waals surface area contributed by atoms with Gasteiger partial charge in [-0.15, -0.1) is 0 Å². The fourth-order valence-electron chi connectivity index (χ4n) is 2.73. The summed E-state index contributed by atoms with van der Waals surface area (Å²) in [5.74, 6) is 1.29. The quantitative estimate of drug-likeness (QED) is 0.866. The minimum absolute atomic E-state index is 0.497. The molecule has 1 aromatic heterocycles. The van der Waals surface area contributed by atoms with Crippen molar-refractivity contribution < 1.29 is 4.84 Å². The van der Waals surface area contributed by atoms with E-state index in [0.717, 1.165) is 43.3 Å². The molecule has 0 spiro atoms. The Morgan fingerprint density at radius 3 is 2.71 bits per heavy atom. The zero-order chi connectivity index (χ0) is 14.1. The SMILES string of the molecule is c1ccc(-c2ccnc(N3CC(C4=NOCC4)C3)n2)cc1. The predicted octanol–water partition coefficient (Wildman–Crippen LogP) is 2.36. The van der Waals surface area contributed by atoms with E-state index in [2.05, 4.69) is 32.2 Å². The summed E-state index contributed by atoms with van der Waals surface area (Å²) in [6.45, 7) is 2.59. The molecule has 1 fully saturated rings. The normalized spacial score (nSPS) is 18.1. The average Bonchev–Trinajstić information content (AvgIpc) is 3.01. The van der Waals surface area contributed by atoms with Gasteiger partial charge in [-0.3, -0.25) is 0 Å². The summed E-state index contributed by atoms with van der Waals surface area (Å²) in [7, 11) is 0. The third-order valence-electron chi connectivity index (χ3n) is 3.98. The van der Waals surface area contributed by atoms with Crippen LogP contribution in [0.15, 0.2) is 47.8 Å². The Kier molecular flexibility index (Phi) is 3.03. The van der Waals surface area contributed by atoms with E-state index in [-0.39, 0.29) is 0 Å². The average molecular weight is 280 g/mol. The first-order chi connectivity index (χ1) is 10.4. The molecule has 4 rings (SSSR count). The number of hydrogen-bond donors (Lipinski definition) is 0. The summed E-state index contributed by atoms with van der Waals surface area (Å²) in [6, 6.07) is 12.1. The topological polar surface area (TPSA) is 50.6 Å². The molecule has 1 aromatic carbocycles. The summed E-state index contributed by atoms with van der Waals surface area (Å²) in [4.78, 5) is 16.3. The summed E-state index contributed by atoms with van der Waals surface area (Å²) >= 11 is 0. The number of aromatic nitrogens is 2. The molecule has 5 heteroatoms. The van der Waals surface area contributed by atoms with Crippen LogP contribution in [-0.2, 0) is 4.84 Å². The Balaban J connectivity index is 1.50. The van der Waals surface area contributed by atoms with E-state index in [9.17, 15) is 0 Å². The number of benzene rings is 1. The van der Waals surface area contributed by atoms with E-state index in [0.29, 0.717) is 5.92 Å². The molecule has 0 atom stereocenters. The zero-order valence-electron chi connectivity index (χ0n) is 11.6. The van der Waals surface area contributed by atoms with Gasteiger partial charge in [0.2, 0.25) is 5.95 Å². The number of hydrogen-bond acceptors (Lipinski definition) is 5. The van der Waals surface area contributed by atoms with Crippen LogP contribution in [0.5, 0.6) is 0 Å². The van der Waals surface area contributed by atoms with Crippen LogP contribution in [0, 0.1) is 5.92 Å². The Labute approximate surface area is 123 Å². The molecule has 106 valence electrons. The summed E-state index contributed by atoms with van der Waals surface area (Å²) in [6.07, 6.45) is 2.79. The van der Waals surface area contributed by atoms with Crippen molar-refractivity contribution in [3.63, 3.8) is 0 Å². The van der Waals surface area contributed by atoms with Gasteiger partial charge in [0.1, 0.15) is 6.61 Å². The molecule has 0 unspecified atom stereocenters. The van der Waals surface area contributed by atoms with Crippen molar-refractivity contribution in [3.05, 3.63) is 42.6 Å². The zero-order valence-corrected chi connectivity index (χ0v) is 11.6. The molecule has 0 amide bonds. The van der Waals surface area contributed by atoms with Crippen molar-refractivity contribution in [2.75, 3.05) is 24.6 Å². The van der Waals surface area contributed by atoms with Gasteiger partial charge in [-0.25, -0.2) is 9.97 Å². The fraction of sp³-hybridized carbons (Fsp3) is 0.312. The van der Waals surface area contributed by atoms with Crippen LogP contribution >= 0.6 is 0 Å². The van der Waals surface area contributed by atoms with Crippen molar-refractivity contribution in [2.24, 2.45) is 11.1 Å². The van der Waals surface area contributed by atoms with Crippen LogP contribution in [0.1, 0.15) is 6.42 Å². The van der Waals surface area contributed by atoms with Gasteiger partial charge in [-0.1, -0.05) is 35.5 Å². The van der Waals surface area contributed by atoms with E-state index < -0.39 is 0 Å². The Morgan fingerprint density at radius 1 is 1.10 bits per heavy atom. The maximum absolute atomic E-state index is 5.07. The highest BCUT2D eigenvalue weighted by Gasteiger charge is 2.34. The number of anilines is 1.